The normalized spacial score (nSPS) is 16.7. The van der Waals surface area contributed by atoms with E-state index in [2.05, 4.69) is 6.07 Å². The maximum Gasteiger partial charge on any atom is 0.223 e. The second kappa shape index (κ2) is 10.6. The molecule has 4 nitrogen and oxygen atoms in total. The van der Waals surface area contributed by atoms with Crippen molar-refractivity contribution in [3.63, 3.8) is 0 Å². The van der Waals surface area contributed by atoms with Crippen LogP contribution in [0.3, 0.4) is 0 Å². The minimum atomic E-state index is -0.468. The van der Waals surface area contributed by atoms with Gasteiger partial charge in [0.15, 0.2) is 0 Å². The van der Waals surface area contributed by atoms with Gasteiger partial charge in [-0.3, -0.25) is 4.79 Å². The fraction of sp³-hybridized carbons (Fsp3) is 0.321. The van der Waals surface area contributed by atoms with Crippen LogP contribution in [-0.2, 0) is 30.6 Å². The van der Waals surface area contributed by atoms with Crippen molar-refractivity contribution in [2.24, 2.45) is 0 Å². The lowest BCUT2D eigenvalue weighted by Crippen LogP contribution is -2.33. The molecule has 1 atom stereocenters. The molecule has 1 aliphatic rings. The van der Waals surface area contributed by atoms with Crippen LogP contribution in [0.1, 0.15) is 35.6 Å². The monoisotopic (exact) mass is 481 g/mol. The highest BCUT2D eigenvalue weighted by Crippen LogP contribution is 2.38. The number of aliphatic hydroxyl groups is 1. The number of fused-ring (bicyclic) bond motifs is 1. The molecule has 0 spiro atoms. The first-order valence-electron chi connectivity index (χ1n) is 11.5. The Kier molecular flexibility index (Phi) is 7.54. The Morgan fingerprint density at radius 1 is 1.09 bits per heavy atom. The van der Waals surface area contributed by atoms with Gasteiger partial charge in [0.1, 0.15) is 17.2 Å². The number of hydrogen-bond acceptors (Lipinski definition) is 3. The van der Waals surface area contributed by atoms with Crippen molar-refractivity contribution < 1.29 is 19.0 Å². The number of benzene rings is 3. The number of halogens is 2. The molecule has 34 heavy (non-hydrogen) atoms. The molecule has 178 valence electrons. The summed E-state index contributed by atoms with van der Waals surface area (Å²) in [6.45, 7) is 2.77. The van der Waals surface area contributed by atoms with Crippen LogP contribution in [0.25, 0.3) is 0 Å². The summed E-state index contributed by atoms with van der Waals surface area (Å²) in [6, 6.07) is 20.7. The number of carbonyl (C=O) groups excluding carboxylic acids is 1. The van der Waals surface area contributed by atoms with Crippen LogP contribution < -0.4 is 4.74 Å². The topological polar surface area (TPSA) is 49.8 Å². The Bertz CT molecular complexity index is 1150. The minimum Gasteiger partial charge on any atom is -0.487 e. The highest BCUT2D eigenvalue weighted by atomic mass is 35.5. The van der Waals surface area contributed by atoms with Crippen LogP contribution in [0.4, 0.5) is 4.39 Å². The summed E-state index contributed by atoms with van der Waals surface area (Å²) in [7, 11) is 0. The number of carbonyl (C=O) groups is 1. The van der Waals surface area contributed by atoms with Crippen molar-refractivity contribution >= 4 is 17.5 Å². The third kappa shape index (κ3) is 5.96. The molecule has 0 aromatic heterocycles. The van der Waals surface area contributed by atoms with Crippen molar-refractivity contribution in [2.75, 3.05) is 13.2 Å². The smallest absolute Gasteiger partial charge is 0.223 e. The Morgan fingerprint density at radius 2 is 1.85 bits per heavy atom. The molecular weight excluding hydrogens is 453 g/mol. The van der Waals surface area contributed by atoms with E-state index >= 15 is 0 Å². The summed E-state index contributed by atoms with van der Waals surface area (Å²) in [5, 5.41) is 9.52. The average molecular weight is 482 g/mol. The van der Waals surface area contributed by atoms with Gasteiger partial charge in [0, 0.05) is 32.4 Å². The van der Waals surface area contributed by atoms with Gasteiger partial charge in [-0.05, 0) is 53.8 Å². The van der Waals surface area contributed by atoms with Gasteiger partial charge in [-0.25, -0.2) is 4.39 Å². The molecule has 3 aromatic carbocycles. The van der Waals surface area contributed by atoms with Gasteiger partial charge in [0.2, 0.25) is 5.91 Å². The number of aryl methyl sites for hydroxylation is 1. The summed E-state index contributed by atoms with van der Waals surface area (Å²) in [5.74, 6) is 0.426. The summed E-state index contributed by atoms with van der Waals surface area (Å²) >= 11 is 5.81. The van der Waals surface area contributed by atoms with E-state index in [1.165, 1.54) is 6.07 Å². The van der Waals surface area contributed by atoms with Crippen LogP contribution in [0.5, 0.6) is 5.75 Å². The molecule has 0 bridgehead atoms. The number of nitrogens with zero attached hydrogens (tertiary/aromatic N) is 1. The standard InChI is InChI=1S/C28H29ClFNO3/c1-28(17-22-7-10-24(29)25(30)16-22)18-23-15-20(8-11-26(23)34-28)9-12-27(33)31(13-14-32)19-21-5-3-2-4-6-21/h2-8,10-11,15-16,32H,9,12-14,17-19H2,1H3/t28-/m1/s1. The number of hydrogen-bond donors (Lipinski definition) is 1. The van der Waals surface area contributed by atoms with Crippen LogP contribution in [-0.4, -0.2) is 34.7 Å². The van der Waals surface area contributed by atoms with Crippen molar-refractivity contribution in [2.45, 2.75) is 44.8 Å². The van der Waals surface area contributed by atoms with Crippen LogP contribution in [0.15, 0.2) is 66.7 Å². The molecule has 0 unspecified atom stereocenters. The summed E-state index contributed by atoms with van der Waals surface area (Å²) in [5.41, 5.74) is 3.58. The average Bonchev–Trinajstić information content (AvgIpc) is 3.15. The number of rotatable bonds is 9. The number of ether oxygens (including phenoxy) is 1. The Hall–Kier alpha value is -2.89. The largest absolute Gasteiger partial charge is 0.487 e. The minimum absolute atomic E-state index is 0.0178. The van der Waals surface area contributed by atoms with E-state index in [4.69, 9.17) is 16.3 Å². The van der Waals surface area contributed by atoms with Crippen molar-refractivity contribution in [3.8, 4) is 5.75 Å². The Morgan fingerprint density at radius 3 is 2.59 bits per heavy atom. The zero-order chi connectivity index (χ0) is 24.1. The lowest BCUT2D eigenvalue weighted by molar-refractivity contribution is -0.132. The quantitative estimate of drug-likeness (QED) is 0.447. The van der Waals surface area contributed by atoms with Gasteiger partial charge < -0.3 is 14.7 Å². The summed E-state index contributed by atoms with van der Waals surface area (Å²) in [4.78, 5) is 14.6. The molecule has 6 heteroatoms. The van der Waals surface area contributed by atoms with Crippen molar-refractivity contribution in [1.82, 2.24) is 4.90 Å². The molecule has 0 saturated heterocycles. The first kappa shape index (κ1) is 24.2. The maximum atomic E-state index is 13.9. The van der Waals surface area contributed by atoms with Gasteiger partial charge in [-0.15, -0.1) is 0 Å². The van der Waals surface area contributed by atoms with E-state index in [1.807, 2.05) is 55.5 Å². The number of amides is 1. The maximum absolute atomic E-state index is 13.9. The van der Waals surface area contributed by atoms with Gasteiger partial charge in [-0.1, -0.05) is 60.1 Å². The van der Waals surface area contributed by atoms with Crippen LogP contribution in [0.2, 0.25) is 5.02 Å². The van der Waals surface area contributed by atoms with Gasteiger partial charge >= 0.3 is 0 Å². The second-order valence-electron chi connectivity index (χ2n) is 9.12. The lowest BCUT2D eigenvalue weighted by atomic mass is 9.91. The molecule has 0 aliphatic carbocycles. The molecule has 0 fully saturated rings. The van der Waals surface area contributed by atoms with Crippen molar-refractivity contribution in [3.05, 3.63) is 99.8 Å². The summed E-state index contributed by atoms with van der Waals surface area (Å²) < 4.78 is 20.1. The number of aliphatic hydroxyl groups excluding tert-OH is 1. The zero-order valence-electron chi connectivity index (χ0n) is 19.3. The first-order valence-corrected chi connectivity index (χ1v) is 11.9. The molecule has 1 aliphatic heterocycles. The van der Waals surface area contributed by atoms with Gasteiger partial charge in [0.05, 0.1) is 11.6 Å². The Labute approximate surface area is 204 Å². The van der Waals surface area contributed by atoms with Crippen LogP contribution >= 0.6 is 11.6 Å². The molecule has 3 aromatic rings. The molecule has 0 radical (unpaired) electrons. The van der Waals surface area contributed by atoms with Crippen LogP contribution in [0, 0.1) is 5.82 Å². The molecule has 4 rings (SSSR count). The third-order valence-corrected chi connectivity index (χ3v) is 6.48. The third-order valence-electron chi connectivity index (χ3n) is 6.17. The Balaban J connectivity index is 1.37. The highest BCUT2D eigenvalue weighted by molar-refractivity contribution is 6.30. The van der Waals surface area contributed by atoms with E-state index in [0.29, 0.717) is 38.8 Å². The van der Waals surface area contributed by atoms with Gasteiger partial charge in [-0.2, -0.15) is 0 Å². The van der Waals surface area contributed by atoms with E-state index in [1.54, 1.807) is 11.0 Å². The van der Waals surface area contributed by atoms with Crippen molar-refractivity contribution in [1.29, 1.82) is 0 Å². The fourth-order valence-electron chi connectivity index (χ4n) is 4.54. The van der Waals surface area contributed by atoms with E-state index in [-0.39, 0.29) is 17.5 Å². The molecule has 1 heterocycles. The summed E-state index contributed by atoms with van der Waals surface area (Å²) in [6.07, 6.45) is 2.26. The SMILES string of the molecule is C[C@@]1(Cc2ccc(Cl)c(F)c2)Cc2cc(CCC(=O)N(CCO)Cc3ccccc3)ccc2O1. The van der Waals surface area contributed by atoms with E-state index in [9.17, 15) is 14.3 Å². The second-order valence-corrected chi connectivity index (χ2v) is 9.53. The predicted molar refractivity (Wildman–Crippen MR) is 132 cm³/mol. The first-order chi connectivity index (χ1) is 16.3. The predicted octanol–water partition coefficient (Wildman–Crippen LogP) is 5.37. The molecule has 1 amide bonds. The highest BCUT2D eigenvalue weighted by Gasteiger charge is 2.35. The molecule has 0 saturated carbocycles. The molecular formula is C28H29ClFNO3. The lowest BCUT2D eigenvalue weighted by Gasteiger charge is -2.24. The zero-order valence-corrected chi connectivity index (χ0v) is 20.0. The van der Waals surface area contributed by atoms with E-state index in [0.717, 1.165) is 28.0 Å². The van der Waals surface area contributed by atoms with E-state index < -0.39 is 11.4 Å². The molecule has 1 N–H and O–H groups in total. The fourth-order valence-corrected chi connectivity index (χ4v) is 4.65. The van der Waals surface area contributed by atoms with Gasteiger partial charge in [0.25, 0.3) is 0 Å².